The molecule has 0 aliphatic heterocycles. The van der Waals surface area contributed by atoms with Gasteiger partial charge in [-0.2, -0.15) is 0 Å². The Balaban J connectivity index is 2.89. The number of esters is 1. The molecule has 1 aromatic heterocycles. The topological polar surface area (TPSA) is 51.2 Å². The second kappa shape index (κ2) is 6.35. The summed E-state index contributed by atoms with van der Waals surface area (Å²) in [5.41, 5.74) is 0.651. The Morgan fingerprint density at radius 2 is 2.12 bits per heavy atom. The molecular formula is C13H20N2O2. The van der Waals surface area contributed by atoms with Gasteiger partial charge >= 0.3 is 5.97 Å². The zero-order valence-corrected chi connectivity index (χ0v) is 10.7. The summed E-state index contributed by atoms with van der Waals surface area (Å²) in [6.45, 7) is 4.96. The third kappa shape index (κ3) is 3.82. The van der Waals surface area contributed by atoms with Crippen molar-refractivity contribution in [2.24, 2.45) is 0 Å². The third-order valence-electron chi connectivity index (χ3n) is 2.81. The summed E-state index contributed by atoms with van der Waals surface area (Å²) in [6, 6.07) is 3.84. The molecule has 1 unspecified atom stereocenters. The molecule has 4 nitrogen and oxygen atoms in total. The monoisotopic (exact) mass is 236 g/mol. The molecule has 1 rings (SSSR count). The van der Waals surface area contributed by atoms with E-state index in [1.54, 1.807) is 12.4 Å². The molecule has 0 saturated heterocycles. The smallest absolute Gasteiger partial charge is 0.307 e. The van der Waals surface area contributed by atoms with Crippen LogP contribution in [-0.2, 0) is 15.1 Å². The number of methoxy groups -OCH3 is 1. The third-order valence-corrected chi connectivity index (χ3v) is 2.81. The highest BCUT2D eigenvalue weighted by Crippen LogP contribution is 2.24. The highest BCUT2D eigenvalue weighted by molar-refractivity contribution is 5.71. The fourth-order valence-corrected chi connectivity index (χ4v) is 1.75. The summed E-state index contributed by atoms with van der Waals surface area (Å²) in [5.74, 6) is -0.215. The van der Waals surface area contributed by atoms with Crippen LogP contribution in [0.3, 0.4) is 0 Å². The summed E-state index contributed by atoms with van der Waals surface area (Å²) in [4.78, 5) is 15.5. The Labute approximate surface area is 102 Å². The molecule has 94 valence electrons. The molecule has 17 heavy (non-hydrogen) atoms. The lowest BCUT2D eigenvalue weighted by Gasteiger charge is -2.30. The Bertz CT molecular complexity index is 354. The number of aromatic nitrogens is 1. The van der Waals surface area contributed by atoms with Crippen LogP contribution in [0.1, 0.15) is 32.3 Å². The average Bonchev–Trinajstić information content (AvgIpc) is 2.37. The normalized spacial score (nSPS) is 14.1. The van der Waals surface area contributed by atoms with Gasteiger partial charge in [-0.05, 0) is 37.6 Å². The number of carbonyl (C=O) groups is 1. The molecule has 1 atom stereocenters. The molecule has 0 aliphatic rings. The van der Waals surface area contributed by atoms with E-state index in [0.29, 0.717) is 6.42 Å². The largest absolute Gasteiger partial charge is 0.469 e. The molecule has 4 heteroatoms. The summed E-state index contributed by atoms with van der Waals surface area (Å²) in [5, 5.41) is 3.40. The Hall–Kier alpha value is -1.42. The van der Waals surface area contributed by atoms with E-state index in [1.807, 2.05) is 19.1 Å². The molecule has 1 N–H and O–H groups in total. The van der Waals surface area contributed by atoms with E-state index in [9.17, 15) is 4.79 Å². The maximum Gasteiger partial charge on any atom is 0.307 e. The molecule has 0 bridgehead atoms. The summed E-state index contributed by atoms with van der Waals surface area (Å²) < 4.78 is 4.75. The predicted octanol–water partition coefficient (Wildman–Crippen LogP) is 1.86. The number of nitrogens with one attached hydrogen (secondary N) is 1. The Kier molecular flexibility index (Phi) is 5.10. The molecule has 0 saturated carbocycles. The molecule has 0 radical (unpaired) electrons. The number of hydrogen-bond donors (Lipinski definition) is 1. The minimum Gasteiger partial charge on any atom is -0.469 e. The van der Waals surface area contributed by atoms with Gasteiger partial charge < -0.3 is 10.1 Å². The minimum absolute atomic E-state index is 0.215. The minimum atomic E-state index is -0.397. The van der Waals surface area contributed by atoms with Crippen LogP contribution in [0, 0.1) is 0 Å². The second-order valence-corrected chi connectivity index (χ2v) is 4.25. The molecule has 0 aromatic carbocycles. The van der Waals surface area contributed by atoms with Gasteiger partial charge in [0.15, 0.2) is 0 Å². The van der Waals surface area contributed by atoms with Gasteiger partial charge in [0.05, 0.1) is 19.1 Å². The first kappa shape index (κ1) is 13.6. The van der Waals surface area contributed by atoms with Gasteiger partial charge in [-0.3, -0.25) is 9.78 Å². The van der Waals surface area contributed by atoms with E-state index < -0.39 is 5.54 Å². The standard InChI is InChI=1S/C13H20N2O2/c1-4-7-15-13(2,10-12(16)17-3)11-5-8-14-9-6-11/h5-6,8-9,15H,4,7,10H2,1-3H3. The van der Waals surface area contributed by atoms with Gasteiger partial charge in [0.25, 0.3) is 0 Å². The average molecular weight is 236 g/mol. The lowest BCUT2D eigenvalue weighted by Crippen LogP contribution is -2.42. The zero-order chi connectivity index (χ0) is 12.7. The fraction of sp³-hybridized carbons (Fsp3) is 0.538. The first-order valence-corrected chi connectivity index (χ1v) is 5.84. The van der Waals surface area contributed by atoms with Crippen molar-refractivity contribution in [1.29, 1.82) is 0 Å². The van der Waals surface area contributed by atoms with E-state index in [2.05, 4.69) is 17.2 Å². The molecule has 0 spiro atoms. The predicted molar refractivity (Wildman–Crippen MR) is 66.5 cm³/mol. The van der Waals surface area contributed by atoms with Crippen LogP contribution < -0.4 is 5.32 Å². The zero-order valence-electron chi connectivity index (χ0n) is 10.7. The molecular weight excluding hydrogens is 216 g/mol. The van der Waals surface area contributed by atoms with E-state index in [4.69, 9.17) is 4.74 Å². The summed E-state index contributed by atoms with van der Waals surface area (Å²) >= 11 is 0. The van der Waals surface area contributed by atoms with Gasteiger partial charge in [-0.15, -0.1) is 0 Å². The van der Waals surface area contributed by atoms with E-state index in [0.717, 1.165) is 18.5 Å². The van der Waals surface area contributed by atoms with Crippen LogP contribution in [0.15, 0.2) is 24.5 Å². The van der Waals surface area contributed by atoms with Crippen molar-refractivity contribution >= 4 is 5.97 Å². The van der Waals surface area contributed by atoms with Crippen LogP contribution in [0.5, 0.6) is 0 Å². The van der Waals surface area contributed by atoms with Crippen molar-refractivity contribution in [2.45, 2.75) is 32.2 Å². The van der Waals surface area contributed by atoms with Crippen LogP contribution in [0.4, 0.5) is 0 Å². The first-order valence-electron chi connectivity index (χ1n) is 5.84. The van der Waals surface area contributed by atoms with E-state index in [1.165, 1.54) is 7.11 Å². The van der Waals surface area contributed by atoms with E-state index in [-0.39, 0.29) is 5.97 Å². The number of carbonyl (C=O) groups excluding carboxylic acids is 1. The van der Waals surface area contributed by atoms with Crippen LogP contribution >= 0.6 is 0 Å². The number of hydrogen-bond acceptors (Lipinski definition) is 4. The van der Waals surface area contributed by atoms with Crippen molar-refractivity contribution in [3.63, 3.8) is 0 Å². The van der Waals surface area contributed by atoms with Gasteiger partial charge in [-0.25, -0.2) is 0 Å². The lowest BCUT2D eigenvalue weighted by molar-refractivity contribution is -0.142. The van der Waals surface area contributed by atoms with Crippen molar-refractivity contribution in [3.05, 3.63) is 30.1 Å². The number of rotatable bonds is 6. The van der Waals surface area contributed by atoms with Crippen molar-refractivity contribution < 1.29 is 9.53 Å². The molecule has 0 amide bonds. The Morgan fingerprint density at radius 3 is 2.65 bits per heavy atom. The lowest BCUT2D eigenvalue weighted by atomic mass is 9.89. The van der Waals surface area contributed by atoms with Crippen molar-refractivity contribution in [1.82, 2.24) is 10.3 Å². The van der Waals surface area contributed by atoms with Gasteiger partial charge in [0, 0.05) is 12.4 Å². The summed E-state index contributed by atoms with van der Waals surface area (Å²) in [6.07, 6.45) is 4.80. The Morgan fingerprint density at radius 1 is 1.47 bits per heavy atom. The SMILES string of the molecule is CCCNC(C)(CC(=O)OC)c1ccncc1. The van der Waals surface area contributed by atoms with Crippen LogP contribution in [0.25, 0.3) is 0 Å². The molecule has 1 heterocycles. The van der Waals surface area contributed by atoms with Crippen LogP contribution in [0.2, 0.25) is 0 Å². The second-order valence-electron chi connectivity index (χ2n) is 4.25. The summed E-state index contributed by atoms with van der Waals surface area (Å²) in [7, 11) is 1.41. The molecule has 1 aromatic rings. The van der Waals surface area contributed by atoms with Gasteiger partial charge in [0.1, 0.15) is 0 Å². The highest BCUT2D eigenvalue weighted by Gasteiger charge is 2.29. The van der Waals surface area contributed by atoms with Gasteiger partial charge in [0.2, 0.25) is 0 Å². The number of nitrogens with zero attached hydrogens (tertiary/aromatic N) is 1. The quantitative estimate of drug-likeness (QED) is 0.766. The molecule has 0 fully saturated rings. The highest BCUT2D eigenvalue weighted by atomic mass is 16.5. The number of ether oxygens (including phenoxy) is 1. The van der Waals surface area contributed by atoms with Gasteiger partial charge in [-0.1, -0.05) is 6.92 Å². The fourth-order valence-electron chi connectivity index (χ4n) is 1.75. The van der Waals surface area contributed by atoms with E-state index >= 15 is 0 Å². The first-order chi connectivity index (χ1) is 8.12. The van der Waals surface area contributed by atoms with Crippen molar-refractivity contribution in [2.75, 3.05) is 13.7 Å². The number of pyridine rings is 1. The maximum absolute atomic E-state index is 11.5. The maximum atomic E-state index is 11.5. The van der Waals surface area contributed by atoms with Crippen LogP contribution in [-0.4, -0.2) is 24.6 Å². The van der Waals surface area contributed by atoms with Crippen molar-refractivity contribution in [3.8, 4) is 0 Å². The molecule has 0 aliphatic carbocycles.